The first kappa shape index (κ1) is 20.8. The number of nitrogens with zero attached hydrogens (tertiary/aromatic N) is 2. The molecule has 1 saturated carbocycles. The Bertz CT molecular complexity index is 920. The highest BCUT2D eigenvalue weighted by Gasteiger charge is 2.49. The molecule has 2 aliphatic carbocycles. The van der Waals surface area contributed by atoms with E-state index in [0.29, 0.717) is 18.3 Å². The number of amidine groups is 1. The highest BCUT2D eigenvalue weighted by molar-refractivity contribution is 8.16. The summed E-state index contributed by atoms with van der Waals surface area (Å²) in [6, 6.07) is 10.2. The molecule has 0 radical (unpaired) electrons. The van der Waals surface area contributed by atoms with Crippen molar-refractivity contribution in [3.05, 3.63) is 47.7 Å². The van der Waals surface area contributed by atoms with Crippen LogP contribution in [0, 0.1) is 17.8 Å². The average Bonchev–Trinajstić information content (AvgIpc) is 3.48. The van der Waals surface area contributed by atoms with E-state index in [1.54, 1.807) is 11.8 Å². The SMILES string of the molecule is CC1(C2CCN(C(=O)CCc3ccccc3)CC2)SC(=NC2=CC3CC[C@H]2C3)NC1=O. The predicted octanol–water partition coefficient (Wildman–Crippen LogP) is 4.15. The fourth-order valence-electron chi connectivity index (χ4n) is 5.61. The molecule has 1 aromatic carbocycles. The van der Waals surface area contributed by atoms with E-state index in [9.17, 15) is 9.59 Å². The molecular weight excluding hydrogens is 406 g/mol. The zero-order valence-electron chi connectivity index (χ0n) is 18.2. The lowest BCUT2D eigenvalue weighted by Gasteiger charge is -2.38. The monoisotopic (exact) mass is 437 g/mol. The molecule has 2 bridgehead atoms. The number of rotatable bonds is 5. The fraction of sp³-hybridized carbons (Fsp3) is 0.560. The number of benzene rings is 1. The highest BCUT2D eigenvalue weighted by Crippen LogP contribution is 2.47. The van der Waals surface area contributed by atoms with Crippen molar-refractivity contribution in [2.24, 2.45) is 22.7 Å². The van der Waals surface area contributed by atoms with Gasteiger partial charge in [-0.3, -0.25) is 9.59 Å². The Kier molecular flexibility index (Phi) is 5.67. The topological polar surface area (TPSA) is 61.8 Å². The molecule has 164 valence electrons. The summed E-state index contributed by atoms with van der Waals surface area (Å²) in [5.74, 6) is 1.85. The normalized spacial score (nSPS) is 31.9. The van der Waals surface area contributed by atoms with Crippen LogP contribution in [0.25, 0.3) is 0 Å². The average molecular weight is 438 g/mol. The van der Waals surface area contributed by atoms with Gasteiger partial charge in [-0.2, -0.15) is 0 Å². The smallest absolute Gasteiger partial charge is 0.242 e. The van der Waals surface area contributed by atoms with Crippen molar-refractivity contribution in [1.82, 2.24) is 10.2 Å². The molecule has 1 N–H and O–H groups in total. The first-order valence-electron chi connectivity index (χ1n) is 11.6. The van der Waals surface area contributed by atoms with E-state index in [4.69, 9.17) is 4.99 Å². The van der Waals surface area contributed by atoms with Crippen molar-refractivity contribution in [3.8, 4) is 0 Å². The maximum absolute atomic E-state index is 12.9. The zero-order valence-corrected chi connectivity index (χ0v) is 19.0. The molecule has 3 atom stereocenters. The van der Waals surface area contributed by atoms with E-state index in [2.05, 4.69) is 30.4 Å². The Morgan fingerprint density at radius 1 is 1.19 bits per heavy atom. The third kappa shape index (κ3) is 4.19. The molecule has 2 saturated heterocycles. The van der Waals surface area contributed by atoms with Crippen LogP contribution in [0.5, 0.6) is 0 Å². The largest absolute Gasteiger partial charge is 0.343 e. The van der Waals surface area contributed by atoms with Crippen molar-refractivity contribution in [2.75, 3.05) is 13.1 Å². The van der Waals surface area contributed by atoms with Crippen LogP contribution >= 0.6 is 11.8 Å². The van der Waals surface area contributed by atoms with Crippen LogP contribution in [0.15, 0.2) is 47.1 Å². The number of fused-ring (bicyclic) bond motifs is 2. The number of aliphatic imine (C=N–C) groups is 1. The molecule has 2 heterocycles. The van der Waals surface area contributed by atoms with E-state index in [0.717, 1.165) is 37.5 Å². The van der Waals surface area contributed by atoms with Gasteiger partial charge in [0.25, 0.3) is 0 Å². The van der Waals surface area contributed by atoms with Gasteiger partial charge in [0, 0.05) is 31.1 Å². The van der Waals surface area contributed by atoms with E-state index in [-0.39, 0.29) is 17.7 Å². The van der Waals surface area contributed by atoms with Gasteiger partial charge in [-0.1, -0.05) is 48.2 Å². The Hall–Kier alpha value is -2.08. The number of allylic oxidation sites excluding steroid dienone is 2. The lowest BCUT2D eigenvalue weighted by atomic mass is 9.84. The molecule has 0 spiro atoms. The van der Waals surface area contributed by atoms with Gasteiger partial charge >= 0.3 is 0 Å². The summed E-state index contributed by atoms with van der Waals surface area (Å²) in [7, 11) is 0. The molecule has 4 aliphatic rings. The molecule has 5 nitrogen and oxygen atoms in total. The van der Waals surface area contributed by atoms with Gasteiger partial charge in [0.1, 0.15) is 4.75 Å². The summed E-state index contributed by atoms with van der Waals surface area (Å²) in [5, 5.41) is 3.82. The molecule has 5 rings (SSSR count). The third-order valence-corrected chi connectivity index (χ3v) is 8.94. The van der Waals surface area contributed by atoms with Gasteiger partial charge in [0.15, 0.2) is 5.17 Å². The zero-order chi connectivity index (χ0) is 21.4. The standard InChI is InChI=1S/C25H31N3O2S/c1-25(23(30)27-24(31-25)26-21-16-18-7-9-19(21)15-18)20-11-13-28(14-12-20)22(29)10-8-17-5-3-2-4-6-17/h2-6,16,18-20H,7-15H2,1H3,(H,26,27,30)/t18?,19-,25?/m0/s1. The van der Waals surface area contributed by atoms with Crippen LogP contribution < -0.4 is 5.32 Å². The number of amides is 2. The van der Waals surface area contributed by atoms with Crippen LogP contribution in [0.3, 0.4) is 0 Å². The van der Waals surface area contributed by atoms with Crippen molar-refractivity contribution >= 4 is 28.7 Å². The fourth-order valence-corrected chi connectivity index (χ4v) is 6.85. The number of carbonyl (C=O) groups excluding carboxylic acids is 2. The summed E-state index contributed by atoms with van der Waals surface area (Å²) < 4.78 is -0.490. The lowest BCUT2D eigenvalue weighted by Crippen LogP contribution is -2.47. The summed E-state index contributed by atoms with van der Waals surface area (Å²) in [6.07, 6.45) is 9.15. The summed E-state index contributed by atoms with van der Waals surface area (Å²) in [5.41, 5.74) is 2.39. The second-order valence-electron chi connectivity index (χ2n) is 9.58. The van der Waals surface area contributed by atoms with Crippen LogP contribution in [-0.4, -0.2) is 39.7 Å². The van der Waals surface area contributed by atoms with Crippen LogP contribution in [0.2, 0.25) is 0 Å². The minimum absolute atomic E-state index is 0.0776. The van der Waals surface area contributed by atoms with Crippen molar-refractivity contribution in [2.45, 2.75) is 56.6 Å². The third-order valence-electron chi connectivity index (χ3n) is 7.61. The molecule has 1 aromatic rings. The van der Waals surface area contributed by atoms with Crippen LogP contribution in [0.1, 0.15) is 51.0 Å². The molecule has 31 heavy (non-hydrogen) atoms. The van der Waals surface area contributed by atoms with Gasteiger partial charge < -0.3 is 10.2 Å². The summed E-state index contributed by atoms with van der Waals surface area (Å²) in [4.78, 5) is 32.4. The lowest BCUT2D eigenvalue weighted by molar-refractivity contribution is -0.132. The van der Waals surface area contributed by atoms with E-state index < -0.39 is 4.75 Å². The van der Waals surface area contributed by atoms with Crippen molar-refractivity contribution in [3.63, 3.8) is 0 Å². The minimum Gasteiger partial charge on any atom is -0.343 e. The number of thioether (sulfide) groups is 1. The molecule has 2 amide bonds. The van der Waals surface area contributed by atoms with Gasteiger partial charge in [0.05, 0.1) is 0 Å². The number of hydrogen-bond donors (Lipinski definition) is 1. The Labute approximate surface area is 188 Å². The molecule has 6 heteroatoms. The molecule has 2 unspecified atom stereocenters. The van der Waals surface area contributed by atoms with Crippen LogP contribution in [-0.2, 0) is 16.0 Å². The van der Waals surface area contributed by atoms with E-state index in [1.807, 2.05) is 23.1 Å². The number of carbonyl (C=O) groups is 2. The van der Waals surface area contributed by atoms with Crippen molar-refractivity contribution in [1.29, 1.82) is 0 Å². The van der Waals surface area contributed by atoms with E-state index in [1.165, 1.54) is 30.5 Å². The minimum atomic E-state index is -0.490. The van der Waals surface area contributed by atoms with Crippen LogP contribution in [0.4, 0.5) is 0 Å². The summed E-state index contributed by atoms with van der Waals surface area (Å²) >= 11 is 1.60. The first-order valence-corrected chi connectivity index (χ1v) is 12.5. The number of hydrogen-bond acceptors (Lipinski definition) is 4. The van der Waals surface area contributed by atoms with Gasteiger partial charge in [0.2, 0.25) is 11.8 Å². The molecule has 2 aliphatic heterocycles. The Morgan fingerprint density at radius 2 is 1.97 bits per heavy atom. The number of nitrogens with one attached hydrogen (secondary N) is 1. The quantitative estimate of drug-likeness (QED) is 0.753. The van der Waals surface area contributed by atoms with E-state index >= 15 is 0 Å². The second kappa shape index (κ2) is 8.45. The van der Waals surface area contributed by atoms with Gasteiger partial charge in [-0.15, -0.1) is 0 Å². The Balaban J connectivity index is 1.16. The predicted molar refractivity (Wildman–Crippen MR) is 125 cm³/mol. The Morgan fingerprint density at radius 3 is 2.65 bits per heavy atom. The maximum Gasteiger partial charge on any atom is 0.242 e. The molecular formula is C25H31N3O2S. The second-order valence-corrected chi connectivity index (χ2v) is 11.0. The maximum atomic E-state index is 12.9. The number of likely N-dealkylation sites (tertiary alicyclic amines) is 1. The van der Waals surface area contributed by atoms with Crippen molar-refractivity contribution < 1.29 is 9.59 Å². The first-order chi connectivity index (χ1) is 15.0. The van der Waals surface area contributed by atoms with Gasteiger partial charge in [-0.05, 0) is 62.8 Å². The molecule has 3 fully saturated rings. The number of aryl methyl sites for hydroxylation is 1. The number of piperidine rings is 1. The van der Waals surface area contributed by atoms with Gasteiger partial charge in [-0.25, -0.2) is 4.99 Å². The highest BCUT2D eigenvalue weighted by atomic mass is 32.2. The summed E-state index contributed by atoms with van der Waals surface area (Å²) in [6.45, 7) is 3.54. The molecule has 0 aromatic heterocycles.